The zero-order valence-corrected chi connectivity index (χ0v) is 19.8. The molecule has 1 N–H and O–H groups in total. The quantitative estimate of drug-likeness (QED) is 0.377. The Bertz CT molecular complexity index is 1370. The first-order chi connectivity index (χ1) is 15.5. The summed E-state index contributed by atoms with van der Waals surface area (Å²) in [7, 11) is 0. The molecule has 2 heterocycles. The number of thiophene rings is 1. The van der Waals surface area contributed by atoms with Crippen LogP contribution in [0.5, 0.6) is 0 Å². The van der Waals surface area contributed by atoms with Crippen molar-refractivity contribution in [3.63, 3.8) is 0 Å². The van der Waals surface area contributed by atoms with Gasteiger partial charge in [0, 0.05) is 28.4 Å². The van der Waals surface area contributed by atoms with E-state index in [2.05, 4.69) is 36.2 Å². The monoisotopic (exact) mass is 463 g/mol. The third kappa shape index (κ3) is 4.74. The molecule has 0 bridgehead atoms. The molecule has 2 aromatic carbocycles. The first-order valence-electron chi connectivity index (χ1n) is 10.6. The van der Waals surface area contributed by atoms with E-state index < -0.39 is 0 Å². The van der Waals surface area contributed by atoms with Gasteiger partial charge in [-0.3, -0.25) is 14.2 Å². The van der Waals surface area contributed by atoms with E-state index in [9.17, 15) is 9.59 Å². The summed E-state index contributed by atoms with van der Waals surface area (Å²) in [6, 6.07) is 19.5. The van der Waals surface area contributed by atoms with Crippen LogP contribution in [0.2, 0.25) is 0 Å². The second-order valence-corrected chi connectivity index (χ2v) is 9.47. The molecule has 7 heteroatoms. The molecule has 0 radical (unpaired) electrons. The molecule has 2 aromatic heterocycles. The van der Waals surface area contributed by atoms with Gasteiger partial charge in [0.25, 0.3) is 11.5 Å². The van der Waals surface area contributed by atoms with E-state index in [1.54, 1.807) is 29.5 Å². The highest BCUT2D eigenvalue weighted by Crippen LogP contribution is 2.20. The van der Waals surface area contributed by atoms with Gasteiger partial charge in [0.2, 0.25) is 0 Å². The Kier molecular flexibility index (Phi) is 6.67. The molecular formula is C25H25N3O2S2. The number of benzene rings is 2. The molecule has 0 atom stereocenters. The van der Waals surface area contributed by atoms with E-state index >= 15 is 0 Å². The van der Waals surface area contributed by atoms with Gasteiger partial charge in [-0.15, -0.1) is 11.3 Å². The fourth-order valence-electron chi connectivity index (χ4n) is 3.78. The SMILES string of the molecule is CCn1c(=S)[nH]c2cc(C(=O)N(CCc3ccccc3)Cc3ccc(C)s3)ccc2c1=O. The summed E-state index contributed by atoms with van der Waals surface area (Å²) in [6.07, 6.45) is 0.772. The van der Waals surface area contributed by atoms with E-state index in [-0.39, 0.29) is 11.5 Å². The van der Waals surface area contributed by atoms with Gasteiger partial charge in [-0.25, -0.2) is 0 Å². The lowest BCUT2D eigenvalue weighted by molar-refractivity contribution is 0.0747. The first kappa shape index (κ1) is 22.2. The van der Waals surface area contributed by atoms with Gasteiger partial charge in [0.05, 0.1) is 17.4 Å². The second-order valence-electron chi connectivity index (χ2n) is 7.71. The summed E-state index contributed by atoms with van der Waals surface area (Å²) in [6.45, 7) is 5.60. The average Bonchev–Trinajstić information content (AvgIpc) is 3.21. The van der Waals surface area contributed by atoms with Gasteiger partial charge in [-0.1, -0.05) is 30.3 Å². The number of amides is 1. The summed E-state index contributed by atoms with van der Waals surface area (Å²) in [5.74, 6) is -0.0622. The van der Waals surface area contributed by atoms with Gasteiger partial charge < -0.3 is 9.88 Å². The Hall–Kier alpha value is -3.03. The lowest BCUT2D eigenvalue weighted by atomic mass is 10.1. The van der Waals surface area contributed by atoms with Crippen LogP contribution in [0.3, 0.4) is 0 Å². The number of hydrogen-bond donors (Lipinski definition) is 1. The third-order valence-corrected chi connectivity index (χ3v) is 6.80. The number of carbonyl (C=O) groups excluding carboxylic acids is 1. The van der Waals surface area contributed by atoms with Crippen molar-refractivity contribution in [2.24, 2.45) is 0 Å². The minimum atomic E-state index is -0.139. The van der Waals surface area contributed by atoms with Crippen LogP contribution in [0.15, 0.2) is 65.5 Å². The molecular weight excluding hydrogens is 438 g/mol. The minimum Gasteiger partial charge on any atom is -0.333 e. The molecule has 0 spiro atoms. The molecule has 0 aliphatic carbocycles. The lowest BCUT2D eigenvalue weighted by Crippen LogP contribution is -2.32. The van der Waals surface area contributed by atoms with Crippen molar-refractivity contribution >= 4 is 40.4 Å². The molecule has 0 aliphatic rings. The van der Waals surface area contributed by atoms with Crippen LogP contribution in [-0.2, 0) is 19.5 Å². The molecule has 4 rings (SSSR count). The standard InChI is InChI=1S/C25H25N3O2S2/c1-3-28-24(30)21-12-10-19(15-22(21)26-25(28)31)23(29)27(16-20-11-9-17(2)32-20)14-13-18-7-5-4-6-8-18/h4-12,15H,3,13-14,16H2,1-2H3,(H,26,31). The Morgan fingerprint density at radius 2 is 1.91 bits per heavy atom. The summed E-state index contributed by atoms with van der Waals surface area (Å²) >= 11 is 7.03. The normalized spacial score (nSPS) is 11.1. The maximum Gasteiger partial charge on any atom is 0.262 e. The van der Waals surface area contributed by atoms with Gasteiger partial charge in [0.1, 0.15) is 0 Å². The Morgan fingerprint density at radius 3 is 2.59 bits per heavy atom. The molecule has 5 nitrogen and oxygen atoms in total. The van der Waals surface area contributed by atoms with Crippen LogP contribution < -0.4 is 5.56 Å². The number of hydrogen-bond acceptors (Lipinski definition) is 4. The van der Waals surface area contributed by atoms with E-state index in [0.717, 1.165) is 11.3 Å². The second kappa shape index (κ2) is 9.63. The Balaban J connectivity index is 1.66. The number of H-pyrrole nitrogens is 1. The van der Waals surface area contributed by atoms with Crippen LogP contribution in [0, 0.1) is 11.7 Å². The number of nitrogens with one attached hydrogen (secondary N) is 1. The van der Waals surface area contributed by atoms with Crippen molar-refractivity contribution in [1.29, 1.82) is 0 Å². The van der Waals surface area contributed by atoms with Crippen molar-refractivity contribution in [1.82, 2.24) is 14.5 Å². The molecule has 4 aromatic rings. The van der Waals surface area contributed by atoms with Crippen molar-refractivity contribution in [3.05, 3.63) is 96.7 Å². The van der Waals surface area contributed by atoms with Crippen LogP contribution in [-0.4, -0.2) is 26.9 Å². The zero-order chi connectivity index (χ0) is 22.7. The number of aryl methyl sites for hydroxylation is 1. The van der Waals surface area contributed by atoms with E-state index in [1.807, 2.05) is 30.0 Å². The Labute approximate surface area is 196 Å². The maximum absolute atomic E-state index is 13.5. The van der Waals surface area contributed by atoms with Gasteiger partial charge in [0.15, 0.2) is 4.77 Å². The van der Waals surface area contributed by atoms with E-state index in [1.165, 1.54) is 15.0 Å². The first-order valence-corrected chi connectivity index (χ1v) is 11.8. The third-order valence-electron chi connectivity index (χ3n) is 5.49. The smallest absolute Gasteiger partial charge is 0.262 e. The predicted octanol–water partition coefficient (Wildman–Crippen LogP) is 5.33. The highest BCUT2D eigenvalue weighted by Gasteiger charge is 2.18. The van der Waals surface area contributed by atoms with Gasteiger partial charge in [-0.05, 0) is 68.4 Å². The van der Waals surface area contributed by atoms with Crippen molar-refractivity contribution in [3.8, 4) is 0 Å². The van der Waals surface area contributed by atoms with E-state index in [0.29, 0.717) is 40.9 Å². The van der Waals surface area contributed by atoms with Gasteiger partial charge in [-0.2, -0.15) is 0 Å². The number of nitrogens with zero attached hydrogens (tertiary/aromatic N) is 2. The average molecular weight is 464 g/mol. The molecule has 0 unspecified atom stereocenters. The minimum absolute atomic E-state index is 0.0622. The van der Waals surface area contributed by atoms with Crippen molar-refractivity contribution in [2.45, 2.75) is 33.4 Å². The van der Waals surface area contributed by atoms with Crippen molar-refractivity contribution < 1.29 is 4.79 Å². The predicted molar refractivity (Wildman–Crippen MR) is 133 cm³/mol. The van der Waals surface area contributed by atoms with Crippen LogP contribution in [0.4, 0.5) is 0 Å². The molecule has 1 amide bonds. The van der Waals surface area contributed by atoms with Crippen LogP contribution >= 0.6 is 23.6 Å². The highest BCUT2D eigenvalue weighted by atomic mass is 32.1. The summed E-state index contributed by atoms with van der Waals surface area (Å²) in [5.41, 5.74) is 2.18. The highest BCUT2D eigenvalue weighted by molar-refractivity contribution is 7.71. The molecule has 0 fully saturated rings. The largest absolute Gasteiger partial charge is 0.333 e. The topological polar surface area (TPSA) is 58.1 Å². The molecule has 0 aliphatic heterocycles. The number of aromatic amines is 1. The van der Waals surface area contributed by atoms with Crippen LogP contribution in [0.1, 0.15) is 32.6 Å². The molecule has 0 saturated heterocycles. The fourth-order valence-corrected chi connectivity index (χ4v) is 5.00. The number of carbonyl (C=O) groups is 1. The fraction of sp³-hybridized carbons (Fsp3) is 0.240. The number of aromatic nitrogens is 2. The maximum atomic E-state index is 13.5. The summed E-state index contributed by atoms with van der Waals surface area (Å²) in [4.78, 5) is 33.6. The summed E-state index contributed by atoms with van der Waals surface area (Å²) < 4.78 is 1.88. The molecule has 32 heavy (non-hydrogen) atoms. The molecule has 0 saturated carbocycles. The lowest BCUT2D eigenvalue weighted by Gasteiger charge is -2.22. The number of fused-ring (bicyclic) bond motifs is 1. The van der Waals surface area contributed by atoms with Gasteiger partial charge >= 0.3 is 0 Å². The molecule has 164 valence electrons. The Morgan fingerprint density at radius 1 is 1.12 bits per heavy atom. The number of rotatable bonds is 7. The van der Waals surface area contributed by atoms with Crippen molar-refractivity contribution in [2.75, 3.05) is 6.54 Å². The zero-order valence-electron chi connectivity index (χ0n) is 18.1. The van der Waals surface area contributed by atoms with E-state index in [4.69, 9.17) is 12.2 Å². The van der Waals surface area contributed by atoms with Crippen LogP contribution in [0.25, 0.3) is 10.9 Å². The summed E-state index contributed by atoms with van der Waals surface area (Å²) in [5, 5.41) is 0.529.